The molecule has 56 valence electrons. The van der Waals surface area contributed by atoms with Crippen LogP contribution in [0.15, 0.2) is 29.6 Å². The maximum Gasteiger partial charge on any atom is 0.0349 e. The van der Waals surface area contributed by atoms with Gasteiger partial charge in [0.2, 0.25) is 0 Å². The van der Waals surface area contributed by atoms with E-state index in [4.69, 9.17) is 0 Å². The summed E-state index contributed by atoms with van der Waals surface area (Å²) in [5, 5.41) is 5.22. The van der Waals surface area contributed by atoms with Crippen LogP contribution >= 0.6 is 19.9 Å². The lowest BCUT2D eigenvalue weighted by molar-refractivity contribution is 1.87. The van der Waals surface area contributed by atoms with Crippen LogP contribution in [0.5, 0.6) is 0 Å². The topological polar surface area (TPSA) is 0 Å². The van der Waals surface area contributed by atoms with Crippen LogP contribution in [0.1, 0.15) is 0 Å². The summed E-state index contributed by atoms with van der Waals surface area (Å²) in [6.45, 7) is 2.23. The molecular formula is C9H9PS. The molecule has 0 aliphatic carbocycles. The van der Waals surface area contributed by atoms with Gasteiger partial charge in [-0.15, -0.1) is 11.3 Å². The third-order valence-corrected chi connectivity index (χ3v) is 3.88. The Bertz CT molecular complexity index is 364. The van der Waals surface area contributed by atoms with Crippen LogP contribution in [0.25, 0.3) is 10.1 Å². The Balaban J connectivity index is 2.76. The highest BCUT2D eigenvalue weighted by Gasteiger charge is 1.98. The molecule has 11 heavy (non-hydrogen) atoms. The lowest BCUT2D eigenvalue weighted by Gasteiger charge is -1.91. The number of thiophene rings is 1. The molecule has 1 atom stereocenters. The first kappa shape index (κ1) is 7.27. The normalized spacial score (nSPS) is 11.7. The molecule has 1 heterocycles. The Morgan fingerprint density at radius 1 is 1.27 bits per heavy atom. The van der Waals surface area contributed by atoms with Gasteiger partial charge in [0.1, 0.15) is 0 Å². The minimum atomic E-state index is 0.919. The van der Waals surface area contributed by atoms with Crippen molar-refractivity contribution in [2.45, 2.75) is 0 Å². The second-order valence-electron chi connectivity index (χ2n) is 2.40. The molecule has 0 saturated carbocycles. The van der Waals surface area contributed by atoms with E-state index in [1.54, 1.807) is 0 Å². The van der Waals surface area contributed by atoms with E-state index in [0.29, 0.717) is 0 Å². The van der Waals surface area contributed by atoms with Gasteiger partial charge in [0.25, 0.3) is 0 Å². The van der Waals surface area contributed by atoms with Crippen molar-refractivity contribution < 1.29 is 0 Å². The molecule has 0 amide bonds. The zero-order chi connectivity index (χ0) is 7.68. The van der Waals surface area contributed by atoms with Crippen LogP contribution < -0.4 is 5.30 Å². The fourth-order valence-corrected chi connectivity index (χ4v) is 3.23. The maximum atomic E-state index is 2.27. The van der Waals surface area contributed by atoms with Gasteiger partial charge < -0.3 is 0 Å². The molecule has 2 rings (SSSR count). The number of rotatable bonds is 1. The standard InChI is InChI=1S/C9H9PS/c1-10-8-6-11-9-5-3-2-4-7(8)9/h2-6,10H,1H3. The quantitative estimate of drug-likeness (QED) is 0.592. The monoisotopic (exact) mass is 180 g/mol. The molecule has 0 fully saturated rings. The van der Waals surface area contributed by atoms with E-state index in [0.717, 1.165) is 8.58 Å². The van der Waals surface area contributed by atoms with E-state index in [2.05, 4.69) is 36.3 Å². The molecule has 1 aromatic heterocycles. The first-order chi connectivity index (χ1) is 5.42. The van der Waals surface area contributed by atoms with Crippen LogP contribution in [-0.2, 0) is 0 Å². The van der Waals surface area contributed by atoms with Gasteiger partial charge in [-0.05, 0) is 28.8 Å². The molecule has 0 saturated heterocycles. The highest BCUT2D eigenvalue weighted by molar-refractivity contribution is 7.48. The van der Waals surface area contributed by atoms with Gasteiger partial charge in [0.15, 0.2) is 0 Å². The molecule has 0 nitrogen and oxygen atoms in total. The lowest BCUT2D eigenvalue weighted by Crippen LogP contribution is -1.86. The molecule has 0 aliphatic heterocycles. The molecule has 0 spiro atoms. The summed E-state index contributed by atoms with van der Waals surface area (Å²) < 4.78 is 1.41. The van der Waals surface area contributed by atoms with Crippen molar-refractivity contribution in [3.8, 4) is 0 Å². The predicted molar refractivity (Wildman–Crippen MR) is 55.7 cm³/mol. The van der Waals surface area contributed by atoms with Crippen molar-refractivity contribution in [3.63, 3.8) is 0 Å². The second kappa shape index (κ2) is 2.92. The molecule has 1 aromatic carbocycles. The summed E-state index contributed by atoms with van der Waals surface area (Å²) in [5.74, 6) is 0. The van der Waals surface area contributed by atoms with E-state index in [9.17, 15) is 0 Å². The van der Waals surface area contributed by atoms with Crippen molar-refractivity contribution in [2.24, 2.45) is 0 Å². The highest BCUT2D eigenvalue weighted by Crippen LogP contribution is 2.22. The van der Waals surface area contributed by atoms with Crippen molar-refractivity contribution in [1.29, 1.82) is 0 Å². The first-order valence-electron chi connectivity index (χ1n) is 3.56. The molecule has 0 radical (unpaired) electrons. The summed E-state index contributed by atoms with van der Waals surface area (Å²) >= 11 is 1.85. The summed E-state index contributed by atoms with van der Waals surface area (Å²) in [5.41, 5.74) is 0. The number of hydrogen-bond donors (Lipinski definition) is 0. The van der Waals surface area contributed by atoms with Gasteiger partial charge in [-0.2, -0.15) is 0 Å². The lowest BCUT2D eigenvalue weighted by atomic mass is 10.3. The van der Waals surface area contributed by atoms with Gasteiger partial charge in [0, 0.05) is 4.70 Å². The average Bonchev–Trinajstić information content (AvgIpc) is 2.47. The summed E-state index contributed by atoms with van der Waals surface area (Å²) in [7, 11) is 0.919. The summed E-state index contributed by atoms with van der Waals surface area (Å²) in [6.07, 6.45) is 0. The Hall–Kier alpha value is -0.390. The smallest absolute Gasteiger partial charge is 0.0349 e. The Labute approximate surface area is 72.0 Å². The predicted octanol–water partition coefficient (Wildman–Crippen LogP) is 2.83. The van der Waals surface area contributed by atoms with Gasteiger partial charge in [0.05, 0.1) is 0 Å². The number of fused-ring (bicyclic) bond motifs is 1. The molecule has 0 bridgehead atoms. The van der Waals surface area contributed by atoms with Crippen LogP contribution in [-0.4, -0.2) is 6.66 Å². The molecule has 2 aromatic rings. The largest absolute Gasteiger partial charge is 0.143 e. The van der Waals surface area contributed by atoms with Crippen LogP contribution in [0, 0.1) is 0 Å². The van der Waals surface area contributed by atoms with E-state index < -0.39 is 0 Å². The fraction of sp³-hybridized carbons (Fsp3) is 0.111. The third-order valence-electron chi connectivity index (χ3n) is 1.75. The van der Waals surface area contributed by atoms with E-state index in [1.165, 1.54) is 15.4 Å². The van der Waals surface area contributed by atoms with E-state index in [1.807, 2.05) is 11.3 Å². The fourth-order valence-electron chi connectivity index (χ4n) is 1.17. The molecule has 2 heteroatoms. The Morgan fingerprint density at radius 3 is 2.91 bits per heavy atom. The molecule has 0 N–H and O–H groups in total. The molecule has 0 aliphatic rings. The third kappa shape index (κ3) is 1.19. The van der Waals surface area contributed by atoms with Crippen molar-refractivity contribution in [1.82, 2.24) is 0 Å². The van der Waals surface area contributed by atoms with Gasteiger partial charge >= 0.3 is 0 Å². The zero-order valence-corrected chi connectivity index (χ0v) is 8.11. The van der Waals surface area contributed by atoms with Crippen LogP contribution in [0.3, 0.4) is 0 Å². The van der Waals surface area contributed by atoms with Crippen LogP contribution in [0.4, 0.5) is 0 Å². The maximum absolute atomic E-state index is 2.27. The van der Waals surface area contributed by atoms with Crippen molar-refractivity contribution in [2.75, 3.05) is 6.66 Å². The average molecular weight is 180 g/mol. The highest BCUT2D eigenvalue weighted by atomic mass is 32.1. The molecular weight excluding hydrogens is 171 g/mol. The van der Waals surface area contributed by atoms with Crippen molar-refractivity contribution in [3.05, 3.63) is 29.6 Å². The van der Waals surface area contributed by atoms with E-state index in [-0.39, 0.29) is 0 Å². The SMILES string of the molecule is CPc1csc2ccccc12. The number of hydrogen-bond acceptors (Lipinski definition) is 1. The first-order valence-corrected chi connectivity index (χ1v) is 5.94. The molecule has 1 unspecified atom stereocenters. The summed E-state index contributed by atoms with van der Waals surface area (Å²) in [6, 6.07) is 8.60. The zero-order valence-electron chi connectivity index (χ0n) is 6.29. The number of benzene rings is 1. The summed E-state index contributed by atoms with van der Waals surface area (Å²) in [4.78, 5) is 0. The second-order valence-corrected chi connectivity index (χ2v) is 4.35. The Kier molecular flexibility index (Phi) is 1.93. The van der Waals surface area contributed by atoms with Crippen molar-refractivity contribution >= 4 is 35.3 Å². The Morgan fingerprint density at radius 2 is 2.09 bits per heavy atom. The van der Waals surface area contributed by atoms with Gasteiger partial charge in [-0.1, -0.05) is 26.8 Å². The van der Waals surface area contributed by atoms with Crippen LogP contribution in [0.2, 0.25) is 0 Å². The van der Waals surface area contributed by atoms with Gasteiger partial charge in [-0.3, -0.25) is 0 Å². The minimum Gasteiger partial charge on any atom is -0.143 e. The van der Waals surface area contributed by atoms with Gasteiger partial charge in [-0.25, -0.2) is 0 Å². The minimum absolute atomic E-state index is 0.919. The van der Waals surface area contributed by atoms with E-state index >= 15 is 0 Å².